The summed E-state index contributed by atoms with van der Waals surface area (Å²) in [7, 11) is 0. The van der Waals surface area contributed by atoms with Crippen molar-refractivity contribution in [2.75, 3.05) is 31.1 Å². The first kappa shape index (κ1) is 17.1. The summed E-state index contributed by atoms with van der Waals surface area (Å²) in [5, 5.41) is 5.16. The van der Waals surface area contributed by atoms with Crippen LogP contribution < -0.4 is 4.90 Å². The Balaban J connectivity index is 1.41. The Morgan fingerprint density at radius 2 is 1.77 bits per heavy atom. The minimum Gasteiger partial charge on any atom is -0.366 e. The zero-order valence-corrected chi connectivity index (χ0v) is 15.6. The molecule has 0 amide bonds. The number of anilines is 1. The fraction of sp³-hybridized carbons (Fsp3) is 0.300. The van der Waals surface area contributed by atoms with Gasteiger partial charge in [-0.05, 0) is 31.2 Å². The molecule has 5 nitrogen and oxygen atoms in total. The van der Waals surface area contributed by atoms with Crippen LogP contribution in [-0.4, -0.2) is 45.8 Å². The summed E-state index contributed by atoms with van der Waals surface area (Å²) >= 11 is 6.23. The van der Waals surface area contributed by atoms with Gasteiger partial charge in [-0.25, -0.2) is 9.67 Å². The molecule has 1 fully saturated rings. The molecule has 0 saturated carbocycles. The number of piperazine rings is 1. The van der Waals surface area contributed by atoms with E-state index in [4.69, 9.17) is 11.6 Å². The Morgan fingerprint density at radius 3 is 2.50 bits per heavy atom. The lowest BCUT2D eigenvalue weighted by atomic mass is 10.2. The van der Waals surface area contributed by atoms with Crippen molar-refractivity contribution in [3.8, 4) is 5.69 Å². The van der Waals surface area contributed by atoms with Crippen molar-refractivity contribution in [1.82, 2.24) is 19.7 Å². The van der Waals surface area contributed by atoms with Crippen LogP contribution in [0, 0.1) is 6.92 Å². The van der Waals surface area contributed by atoms with Crippen LogP contribution in [0.3, 0.4) is 0 Å². The fourth-order valence-electron chi connectivity index (χ4n) is 3.43. The van der Waals surface area contributed by atoms with Gasteiger partial charge in [0.25, 0.3) is 0 Å². The molecule has 3 heterocycles. The monoisotopic (exact) mass is 367 g/mol. The van der Waals surface area contributed by atoms with Gasteiger partial charge in [0, 0.05) is 50.2 Å². The van der Waals surface area contributed by atoms with Crippen molar-refractivity contribution in [2.45, 2.75) is 13.5 Å². The number of hydrogen-bond donors (Lipinski definition) is 0. The molecule has 0 bridgehead atoms. The van der Waals surface area contributed by atoms with Gasteiger partial charge in [-0.3, -0.25) is 4.90 Å². The normalized spacial score (nSPS) is 15.4. The summed E-state index contributed by atoms with van der Waals surface area (Å²) < 4.78 is 2.01. The average molecular weight is 368 g/mol. The molecule has 4 rings (SSSR count). The third-order valence-corrected chi connectivity index (χ3v) is 5.25. The third kappa shape index (κ3) is 3.45. The number of rotatable bonds is 4. The summed E-state index contributed by atoms with van der Waals surface area (Å²) in [6.07, 6.45) is 3.72. The lowest BCUT2D eigenvalue weighted by molar-refractivity contribution is 0.249. The van der Waals surface area contributed by atoms with Gasteiger partial charge < -0.3 is 4.90 Å². The van der Waals surface area contributed by atoms with Crippen LogP contribution in [0.25, 0.3) is 5.69 Å². The van der Waals surface area contributed by atoms with Crippen LogP contribution in [0.4, 0.5) is 5.69 Å². The minimum absolute atomic E-state index is 0.584. The smallest absolute Gasteiger partial charge is 0.152 e. The second-order valence-corrected chi connectivity index (χ2v) is 6.94. The van der Waals surface area contributed by atoms with E-state index in [1.54, 1.807) is 6.20 Å². The van der Waals surface area contributed by atoms with Gasteiger partial charge in [-0.1, -0.05) is 29.8 Å². The van der Waals surface area contributed by atoms with Crippen LogP contribution >= 0.6 is 11.6 Å². The first-order valence-electron chi connectivity index (χ1n) is 8.89. The second kappa shape index (κ2) is 7.48. The summed E-state index contributed by atoms with van der Waals surface area (Å²) in [4.78, 5) is 8.97. The van der Waals surface area contributed by atoms with E-state index in [9.17, 15) is 0 Å². The van der Waals surface area contributed by atoms with Gasteiger partial charge in [0.1, 0.15) is 0 Å². The van der Waals surface area contributed by atoms with E-state index in [1.165, 1.54) is 11.3 Å². The average Bonchev–Trinajstić information content (AvgIpc) is 3.04. The van der Waals surface area contributed by atoms with Gasteiger partial charge in [-0.2, -0.15) is 5.10 Å². The van der Waals surface area contributed by atoms with Gasteiger partial charge in [0.2, 0.25) is 0 Å². The highest BCUT2D eigenvalue weighted by molar-refractivity contribution is 6.32. The fourth-order valence-corrected chi connectivity index (χ4v) is 3.67. The minimum atomic E-state index is 0.584. The standard InChI is InChI=1S/C20H22ClN5/c1-16-17(14-23-26(16)18-6-3-2-4-7-18)15-24-10-12-25(13-11-24)19-8-5-9-22-20(19)21/h2-9,14H,10-13,15H2,1H3. The van der Waals surface area contributed by atoms with E-state index in [-0.39, 0.29) is 0 Å². The molecule has 1 aromatic carbocycles. The van der Waals surface area contributed by atoms with Gasteiger partial charge in [0.05, 0.1) is 17.6 Å². The summed E-state index contributed by atoms with van der Waals surface area (Å²) in [5.74, 6) is 0. The molecule has 0 N–H and O–H groups in total. The summed E-state index contributed by atoms with van der Waals surface area (Å²) in [6, 6.07) is 14.3. The molecule has 1 aliphatic rings. The van der Waals surface area contributed by atoms with Crippen LogP contribution in [0.5, 0.6) is 0 Å². The maximum atomic E-state index is 6.23. The van der Waals surface area contributed by atoms with Crippen LogP contribution in [0.1, 0.15) is 11.3 Å². The van der Waals surface area contributed by atoms with Gasteiger partial charge in [0.15, 0.2) is 5.15 Å². The Morgan fingerprint density at radius 1 is 1.00 bits per heavy atom. The summed E-state index contributed by atoms with van der Waals surface area (Å²) in [6.45, 7) is 6.98. The van der Waals surface area contributed by atoms with Crippen LogP contribution in [0.15, 0.2) is 54.9 Å². The van der Waals surface area contributed by atoms with E-state index in [0.29, 0.717) is 5.15 Å². The van der Waals surface area contributed by atoms with Crippen molar-refractivity contribution in [2.24, 2.45) is 0 Å². The van der Waals surface area contributed by atoms with Crippen molar-refractivity contribution in [3.63, 3.8) is 0 Å². The van der Waals surface area contributed by atoms with Crippen molar-refractivity contribution in [1.29, 1.82) is 0 Å². The SMILES string of the molecule is Cc1c(CN2CCN(c3cccnc3Cl)CC2)cnn1-c1ccccc1. The number of nitrogens with zero attached hydrogens (tertiary/aromatic N) is 5. The highest BCUT2D eigenvalue weighted by Gasteiger charge is 2.20. The molecular formula is C20H22ClN5. The Hall–Kier alpha value is -2.37. The number of aromatic nitrogens is 3. The third-order valence-electron chi connectivity index (χ3n) is 4.96. The highest BCUT2D eigenvalue weighted by atomic mass is 35.5. The van der Waals surface area contributed by atoms with E-state index in [1.807, 2.05) is 41.2 Å². The van der Waals surface area contributed by atoms with E-state index >= 15 is 0 Å². The second-order valence-electron chi connectivity index (χ2n) is 6.58. The van der Waals surface area contributed by atoms with E-state index in [0.717, 1.165) is 44.1 Å². The Labute approximate surface area is 158 Å². The topological polar surface area (TPSA) is 37.2 Å². The van der Waals surface area contributed by atoms with Crippen molar-refractivity contribution >= 4 is 17.3 Å². The maximum absolute atomic E-state index is 6.23. The molecule has 6 heteroatoms. The molecule has 26 heavy (non-hydrogen) atoms. The first-order valence-corrected chi connectivity index (χ1v) is 9.27. The largest absolute Gasteiger partial charge is 0.366 e. The zero-order chi connectivity index (χ0) is 17.9. The first-order chi connectivity index (χ1) is 12.7. The molecule has 1 saturated heterocycles. The molecule has 0 unspecified atom stereocenters. The van der Waals surface area contributed by atoms with E-state index < -0.39 is 0 Å². The Bertz CT molecular complexity index is 869. The Kier molecular flexibility index (Phi) is 4.91. The molecule has 0 aliphatic carbocycles. The van der Waals surface area contributed by atoms with Gasteiger partial charge in [-0.15, -0.1) is 0 Å². The number of pyridine rings is 1. The predicted octanol–water partition coefficient (Wildman–Crippen LogP) is 3.55. The molecule has 0 spiro atoms. The number of halogens is 1. The van der Waals surface area contributed by atoms with E-state index in [2.05, 4.69) is 38.9 Å². The van der Waals surface area contributed by atoms with Crippen LogP contribution in [0.2, 0.25) is 5.15 Å². The molecule has 0 atom stereocenters. The number of benzene rings is 1. The number of para-hydroxylation sites is 1. The quantitative estimate of drug-likeness (QED) is 0.661. The lowest BCUT2D eigenvalue weighted by Gasteiger charge is -2.36. The molecule has 3 aromatic rings. The zero-order valence-electron chi connectivity index (χ0n) is 14.8. The van der Waals surface area contributed by atoms with Crippen LogP contribution in [-0.2, 0) is 6.54 Å². The molecule has 1 aliphatic heterocycles. The predicted molar refractivity (Wildman–Crippen MR) is 105 cm³/mol. The molecule has 134 valence electrons. The molecule has 2 aromatic heterocycles. The maximum Gasteiger partial charge on any atom is 0.152 e. The highest BCUT2D eigenvalue weighted by Crippen LogP contribution is 2.24. The van der Waals surface area contributed by atoms with Crippen molar-refractivity contribution < 1.29 is 0 Å². The van der Waals surface area contributed by atoms with Crippen molar-refractivity contribution in [3.05, 3.63) is 71.3 Å². The lowest BCUT2D eigenvalue weighted by Crippen LogP contribution is -2.46. The van der Waals surface area contributed by atoms with Gasteiger partial charge >= 0.3 is 0 Å². The molecule has 0 radical (unpaired) electrons. The number of hydrogen-bond acceptors (Lipinski definition) is 4. The summed E-state index contributed by atoms with van der Waals surface area (Å²) in [5.41, 5.74) is 4.62. The molecular weight excluding hydrogens is 346 g/mol.